The van der Waals surface area contributed by atoms with E-state index in [2.05, 4.69) is 25.7 Å². The Morgan fingerprint density at radius 1 is 1.38 bits per heavy atom. The molecule has 1 rings (SSSR count). The van der Waals surface area contributed by atoms with Gasteiger partial charge in [-0.15, -0.1) is 0 Å². The highest BCUT2D eigenvalue weighted by Gasteiger charge is 2.27. The number of hydrogen-bond donors (Lipinski definition) is 1. The van der Waals surface area contributed by atoms with Gasteiger partial charge in [0.15, 0.2) is 0 Å². The predicted molar refractivity (Wildman–Crippen MR) is 57.7 cm³/mol. The Hall–Kier alpha value is -0.0800. The van der Waals surface area contributed by atoms with E-state index in [0.717, 1.165) is 12.5 Å². The topological polar surface area (TPSA) is 29.3 Å². The van der Waals surface area contributed by atoms with Gasteiger partial charge < -0.3 is 5.73 Å². The maximum atomic E-state index is 5.60. The molecule has 1 saturated heterocycles. The van der Waals surface area contributed by atoms with E-state index < -0.39 is 0 Å². The number of nitrogens with two attached hydrogens (primary N) is 1. The van der Waals surface area contributed by atoms with E-state index in [1.807, 2.05) is 0 Å². The average Bonchev–Trinajstić information content (AvgIpc) is 2.04. The van der Waals surface area contributed by atoms with Crippen molar-refractivity contribution >= 4 is 0 Å². The van der Waals surface area contributed by atoms with Gasteiger partial charge in [0.25, 0.3) is 0 Å². The van der Waals surface area contributed by atoms with E-state index in [1.54, 1.807) is 0 Å². The van der Waals surface area contributed by atoms with Gasteiger partial charge in [0, 0.05) is 12.1 Å². The summed E-state index contributed by atoms with van der Waals surface area (Å²) in [5.74, 6) is 0.845. The number of rotatable bonds is 2. The van der Waals surface area contributed by atoms with Crippen molar-refractivity contribution in [3.8, 4) is 0 Å². The lowest BCUT2D eigenvalue weighted by Crippen LogP contribution is -2.47. The van der Waals surface area contributed by atoms with Crippen LogP contribution in [0.5, 0.6) is 0 Å². The normalized spacial score (nSPS) is 26.3. The molecule has 1 atom stereocenters. The van der Waals surface area contributed by atoms with Crippen LogP contribution in [0.4, 0.5) is 0 Å². The number of piperidine rings is 1. The van der Waals surface area contributed by atoms with E-state index in [-0.39, 0.29) is 0 Å². The highest BCUT2D eigenvalue weighted by atomic mass is 15.2. The maximum absolute atomic E-state index is 5.60. The number of hydrogen-bond acceptors (Lipinski definition) is 2. The summed E-state index contributed by atoms with van der Waals surface area (Å²) < 4.78 is 0. The van der Waals surface area contributed by atoms with E-state index in [4.69, 9.17) is 5.73 Å². The standard InChI is InChI=1S/C11H24N2/c1-11(2,3)13-8-4-5-10(9-13)6-7-12/h10H,4-9,12H2,1-3H3. The Labute approximate surface area is 82.5 Å². The molecule has 1 unspecified atom stereocenters. The summed E-state index contributed by atoms with van der Waals surface area (Å²) >= 11 is 0. The van der Waals surface area contributed by atoms with E-state index in [1.165, 1.54) is 32.4 Å². The molecule has 13 heavy (non-hydrogen) atoms. The van der Waals surface area contributed by atoms with Crippen molar-refractivity contribution in [2.45, 2.75) is 45.6 Å². The molecular weight excluding hydrogens is 160 g/mol. The van der Waals surface area contributed by atoms with Gasteiger partial charge in [-0.05, 0) is 59.0 Å². The first-order valence-electron chi connectivity index (χ1n) is 5.49. The molecule has 0 spiro atoms. The molecule has 1 fully saturated rings. The summed E-state index contributed by atoms with van der Waals surface area (Å²) in [7, 11) is 0. The third-order valence-electron chi connectivity index (χ3n) is 3.04. The zero-order valence-corrected chi connectivity index (χ0v) is 9.34. The van der Waals surface area contributed by atoms with Gasteiger partial charge >= 0.3 is 0 Å². The molecule has 2 nitrogen and oxygen atoms in total. The van der Waals surface area contributed by atoms with E-state index >= 15 is 0 Å². The van der Waals surface area contributed by atoms with Crippen LogP contribution in [-0.4, -0.2) is 30.1 Å². The molecule has 0 radical (unpaired) electrons. The van der Waals surface area contributed by atoms with Crippen LogP contribution in [0.3, 0.4) is 0 Å². The van der Waals surface area contributed by atoms with Gasteiger partial charge in [0.2, 0.25) is 0 Å². The Kier molecular flexibility index (Phi) is 3.74. The van der Waals surface area contributed by atoms with Crippen molar-refractivity contribution < 1.29 is 0 Å². The molecule has 2 heteroatoms. The fourth-order valence-electron chi connectivity index (χ4n) is 2.15. The first-order chi connectivity index (χ1) is 6.04. The Bertz CT molecular complexity index is 147. The minimum absolute atomic E-state index is 0.341. The minimum atomic E-state index is 0.341. The van der Waals surface area contributed by atoms with Crippen molar-refractivity contribution in [3.63, 3.8) is 0 Å². The molecule has 0 aromatic rings. The van der Waals surface area contributed by atoms with Crippen LogP contribution < -0.4 is 5.73 Å². The molecule has 0 aliphatic carbocycles. The van der Waals surface area contributed by atoms with Gasteiger partial charge in [-0.2, -0.15) is 0 Å². The number of likely N-dealkylation sites (tertiary alicyclic amines) is 1. The average molecular weight is 184 g/mol. The lowest BCUT2D eigenvalue weighted by atomic mass is 9.91. The second-order valence-electron chi connectivity index (χ2n) is 5.20. The molecule has 0 aromatic carbocycles. The van der Waals surface area contributed by atoms with Gasteiger partial charge in [0.05, 0.1) is 0 Å². The zero-order valence-electron chi connectivity index (χ0n) is 9.34. The summed E-state index contributed by atoms with van der Waals surface area (Å²) in [5, 5.41) is 0. The Morgan fingerprint density at radius 2 is 2.08 bits per heavy atom. The number of nitrogens with zero attached hydrogens (tertiary/aromatic N) is 1. The van der Waals surface area contributed by atoms with Crippen LogP contribution in [0.25, 0.3) is 0 Å². The molecule has 0 amide bonds. The summed E-state index contributed by atoms with van der Waals surface area (Å²) in [4.78, 5) is 2.59. The quantitative estimate of drug-likeness (QED) is 0.709. The molecule has 1 aliphatic rings. The monoisotopic (exact) mass is 184 g/mol. The minimum Gasteiger partial charge on any atom is -0.330 e. The van der Waals surface area contributed by atoms with Crippen molar-refractivity contribution in [2.75, 3.05) is 19.6 Å². The van der Waals surface area contributed by atoms with Crippen molar-refractivity contribution in [2.24, 2.45) is 11.7 Å². The summed E-state index contributed by atoms with van der Waals surface area (Å²) in [6.45, 7) is 10.3. The van der Waals surface area contributed by atoms with Crippen molar-refractivity contribution in [3.05, 3.63) is 0 Å². The third kappa shape index (κ3) is 3.28. The van der Waals surface area contributed by atoms with Gasteiger partial charge in [-0.1, -0.05) is 0 Å². The highest BCUT2D eigenvalue weighted by molar-refractivity contribution is 4.82. The lowest BCUT2D eigenvalue weighted by molar-refractivity contribution is 0.0770. The van der Waals surface area contributed by atoms with Crippen LogP contribution >= 0.6 is 0 Å². The molecule has 0 bridgehead atoms. The summed E-state index contributed by atoms with van der Waals surface area (Å²) in [6, 6.07) is 0. The molecule has 2 N–H and O–H groups in total. The van der Waals surface area contributed by atoms with Crippen molar-refractivity contribution in [1.82, 2.24) is 4.90 Å². The SMILES string of the molecule is CC(C)(C)N1CCCC(CCN)C1. The fraction of sp³-hybridized carbons (Fsp3) is 1.00. The molecule has 1 heterocycles. The Morgan fingerprint density at radius 3 is 2.62 bits per heavy atom. The second kappa shape index (κ2) is 4.43. The lowest BCUT2D eigenvalue weighted by Gasteiger charge is -2.41. The highest BCUT2D eigenvalue weighted by Crippen LogP contribution is 2.24. The van der Waals surface area contributed by atoms with E-state index in [9.17, 15) is 0 Å². The third-order valence-corrected chi connectivity index (χ3v) is 3.04. The first-order valence-corrected chi connectivity index (χ1v) is 5.49. The van der Waals surface area contributed by atoms with E-state index in [0.29, 0.717) is 5.54 Å². The van der Waals surface area contributed by atoms with Crippen LogP contribution in [0, 0.1) is 5.92 Å². The zero-order chi connectivity index (χ0) is 9.90. The molecule has 1 aliphatic heterocycles. The molecule has 78 valence electrons. The van der Waals surface area contributed by atoms with Crippen LogP contribution in [-0.2, 0) is 0 Å². The first kappa shape index (κ1) is 11.0. The molecule has 0 aromatic heterocycles. The predicted octanol–water partition coefficient (Wildman–Crippen LogP) is 1.85. The van der Waals surface area contributed by atoms with Gasteiger partial charge in [-0.3, -0.25) is 4.90 Å². The fourth-order valence-corrected chi connectivity index (χ4v) is 2.15. The largest absolute Gasteiger partial charge is 0.330 e. The summed E-state index contributed by atoms with van der Waals surface area (Å²) in [6.07, 6.45) is 3.93. The van der Waals surface area contributed by atoms with Crippen LogP contribution in [0.2, 0.25) is 0 Å². The van der Waals surface area contributed by atoms with Crippen molar-refractivity contribution in [1.29, 1.82) is 0 Å². The van der Waals surface area contributed by atoms with Gasteiger partial charge in [-0.25, -0.2) is 0 Å². The van der Waals surface area contributed by atoms with Crippen LogP contribution in [0.1, 0.15) is 40.0 Å². The molecule has 0 saturated carbocycles. The smallest absolute Gasteiger partial charge is 0.0125 e. The molecular formula is C11H24N2. The second-order valence-corrected chi connectivity index (χ2v) is 5.20. The van der Waals surface area contributed by atoms with Crippen LogP contribution in [0.15, 0.2) is 0 Å². The van der Waals surface area contributed by atoms with Gasteiger partial charge in [0.1, 0.15) is 0 Å². The Balaban J connectivity index is 2.42. The maximum Gasteiger partial charge on any atom is 0.0125 e. The summed E-state index contributed by atoms with van der Waals surface area (Å²) in [5.41, 5.74) is 5.94.